The van der Waals surface area contributed by atoms with Gasteiger partial charge in [-0.25, -0.2) is 4.99 Å². The molecule has 226 valence electrons. The fourth-order valence-electron chi connectivity index (χ4n) is 4.45. The quantitative estimate of drug-likeness (QED) is 0.130. The summed E-state index contributed by atoms with van der Waals surface area (Å²) in [4.78, 5) is 33.7. The summed E-state index contributed by atoms with van der Waals surface area (Å²) in [6.45, 7) is -0.101. The van der Waals surface area contributed by atoms with E-state index in [1.165, 1.54) is 26.6 Å². The van der Waals surface area contributed by atoms with Crippen molar-refractivity contribution in [1.82, 2.24) is 10.2 Å². The van der Waals surface area contributed by atoms with Gasteiger partial charge in [0.15, 0.2) is 12.2 Å². The highest BCUT2D eigenvalue weighted by atomic mass is 32.1. The molecular formula is C29H23F3N6O5S. The van der Waals surface area contributed by atoms with Crippen molar-refractivity contribution in [2.45, 2.75) is 25.4 Å². The summed E-state index contributed by atoms with van der Waals surface area (Å²) in [5, 5.41) is 19.3. The van der Waals surface area contributed by atoms with E-state index < -0.39 is 35.9 Å². The van der Waals surface area contributed by atoms with Crippen LogP contribution in [0.5, 0.6) is 5.75 Å². The normalized spacial score (nSPS) is 15.5. The van der Waals surface area contributed by atoms with E-state index in [9.17, 15) is 27.9 Å². The second-order valence-electron chi connectivity index (χ2n) is 9.49. The number of benzene rings is 3. The van der Waals surface area contributed by atoms with E-state index in [0.29, 0.717) is 16.9 Å². The minimum atomic E-state index is -4.86. The first-order chi connectivity index (χ1) is 21.0. The molecule has 1 fully saturated rings. The second kappa shape index (κ2) is 12.5. The van der Waals surface area contributed by atoms with Gasteiger partial charge in [-0.05, 0) is 64.8 Å². The highest BCUT2D eigenvalue weighted by Crippen LogP contribution is 2.30. The predicted octanol–water partition coefficient (Wildman–Crippen LogP) is 3.37. The van der Waals surface area contributed by atoms with Gasteiger partial charge in [0.25, 0.3) is 11.6 Å². The lowest BCUT2D eigenvalue weighted by molar-refractivity contribution is -0.746. The summed E-state index contributed by atoms with van der Waals surface area (Å²) in [7, 11) is 1.56. The molecule has 11 nitrogen and oxygen atoms in total. The lowest BCUT2D eigenvalue weighted by atomic mass is 10.1. The van der Waals surface area contributed by atoms with Gasteiger partial charge < -0.3 is 20.1 Å². The average Bonchev–Trinajstić information content (AvgIpc) is 3.44. The van der Waals surface area contributed by atoms with E-state index in [1.54, 1.807) is 67.7 Å². The summed E-state index contributed by atoms with van der Waals surface area (Å²) < 4.78 is 48.0. The molecule has 1 aromatic heterocycles. The van der Waals surface area contributed by atoms with E-state index >= 15 is 0 Å². The topological polar surface area (TPSA) is 127 Å². The van der Waals surface area contributed by atoms with Crippen LogP contribution >= 0.6 is 12.2 Å². The Hall–Kier alpha value is -5.31. The van der Waals surface area contributed by atoms with Crippen LogP contribution in [0.15, 0.2) is 94.4 Å². The Morgan fingerprint density at radius 1 is 1.09 bits per heavy atom. The zero-order valence-electron chi connectivity index (χ0n) is 22.9. The monoisotopic (exact) mass is 624 g/mol. The Kier molecular flexibility index (Phi) is 8.57. The maximum absolute atomic E-state index is 13.7. The van der Waals surface area contributed by atoms with Gasteiger partial charge in [-0.1, -0.05) is 48.5 Å². The fraction of sp³-hybridized carbons (Fsp3) is 0.172. The number of carbonyl (C=O) groups excluding carboxylic acids is 2. The van der Waals surface area contributed by atoms with Crippen molar-refractivity contribution in [3.05, 3.63) is 96.2 Å². The van der Waals surface area contributed by atoms with Crippen LogP contribution in [0.2, 0.25) is 0 Å². The third-order valence-corrected chi connectivity index (χ3v) is 6.93. The Bertz CT molecular complexity index is 1700. The molecule has 2 amide bonds. The van der Waals surface area contributed by atoms with Crippen LogP contribution in [0.1, 0.15) is 17.7 Å². The maximum Gasteiger partial charge on any atom is 0.573 e. The summed E-state index contributed by atoms with van der Waals surface area (Å²) in [6.07, 6.45) is -5.23. The number of hydrogen-bond donors (Lipinski definition) is 1. The second-order valence-corrected chi connectivity index (χ2v) is 9.86. The van der Waals surface area contributed by atoms with E-state index in [0.717, 1.165) is 12.1 Å². The Morgan fingerprint density at radius 3 is 2.36 bits per heavy atom. The molecule has 0 spiro atoms. The molecular weight excluding hydrogens is 601 g/mol. The number of rotatable bonds is 9. The number of carbonyl (C=O) groups is 2. The van der Waals surface area contributed by atoms with Crippen LogP contribution in [0.25, 0.3) is 0 Å². The van der Waals surface area contributed by atoms with Crippen LogP contribution in [0, 0.1) is 0 Å². The zero-order valence-corrected chi connectivity index (χ0v) is 23.7. The van der Waals surface area contributed by atoms with E-state index in [4.69, 9.17) is 16.7 Å². The maximum atomic E-state index is 13.7. The van der Waals surface area contributed by atoms with Gasteiger partial charge in [-0.15, -0.1) is 13.2 Å². The summed E-state index contributed by atoms with van der Waals surface area (Å²) in [5.74, 6) is -2.21. The Morgan fingerprint density at radius 2 is 1.73 bits per heavy atom. The number of hydrogen-bond acceptors (Lipinski definition) is 8. The van der Waals surface area contributed by atoms with E-state index in [2.05, 4.69) is 20.3 Å². The van der Waals surface area contributed by atoms with Gasteiger partial charge in [0, 0.05) is 5.69 Å². The first-order valence-electron chi connectivity index (χ1n) is 13.0. The van der Waals surface area contributed by atoms with Gasteiger partial charge in [0.05, 0.1) is 12.1 Å². The van der Waals surface area contributed by atoms with Crippen LogP contribution in [-0.4, -0.2) is 45.4 Å². The molecule has 1 saturated heterocycles. The molecule has 44 heavy (non-hydrogen) atoms. The van der Waals surface area contributed by atoms with Crippen molar-refractivity contribution >= 4 is 52.3 Å². The number of aromatic nitrogens is 2. The lowest BCUT2D eigenvalue weighted by Crippen LogP contribution is -2.42. The van der Waals surface area contributed by atoms with Crippen LogP contribution in [-0.2, 0) is 23.2 Å². The SMILES string of the molecule is C[n+]1noc(/N=C(\[O-])c2ccccc2)c1CN1C(=S)N(c2ccccc2)C(=O)C1CC(=O)Nc1ccc(OC(F)(F)F)cc1. The molecule has 2 heterocycles. The van der Waals surface area contributed by atoms with Crippen LogP contribution in [0.3, 0.4) is 0 Å². The summed E-state index contributed by atoms with van der Waals surface area (Å²) in [5.41, 5.74) is 1.31. The van der Waals surface area contributed by atoms with Crippen molar-refractivity contribution in [3.8, 4) is 5.75 Å². The molecule has 0 saturated carbocycles. The molecule has 1 unspecified atom stereocenters. The average molecular weight is 625 g/mol. The number of anilines is 2. The first-order valence-corrected chi connectivity index (χ1v) is 13.4. The highest BCUT2D eigenvalue weighted by Gasteiger charge is 2.46. The number of ether oxygens (including phenoxy) is 1. The minimum absolute atomic E-state index is 0.0918. The molecule has 0 bridgehead atoms. The van der Waals surface area contributed by atoms with E-state index in [1.807, 2.05) is 0 Å². The zero-order chi connectivity index (χ0) is 31.4. The number of thiocarbonyl (C=S) groups is 1. The molecule has 15 heteroatoms. The van der Waals surface area contributed by atoms with Gasteiger partial charge >= 0.3 is 12.2 Å². The number of nitrogens with one attached hydrogen (secondary N) is 1. The molecule has 0 aliphatic carbocycles. The third-order valence-electron chi connectivity index (χ3n) is 6.51. The van der Waals surface area contributed by atoms with Crippen molar-refractivity contribution in [2.75, 3.05) is 10.2 Å². The molecule has 1 aliphatic rings. The largest absolute Gasteiger partial charge is 0.858 e. The summed E-state index contributed by atoms with van der Waals surface area (Å²) >= 11 is 5.70. The van der Waals surface area contributed by atoms with E-state index in [-0.39, 0.29) is 29.6 Å². The Balaban J connectivity index is 1.40. The number of aryl methyl sites for hydroxylation is 1. The first kappa shape index (κ1) is 30.2. The minimum Gasteiger partial charge on any atom is -0.858 e. The fourth-order valence-corrected chi connectivity index (χ4v) is 4.84. The smallest absolute Gasteiger partial charge is 0.573 e. The van der Waals surface area contributed by atoms with Gasteiger partial charge in [0.2, 0.25) is 11.2 Å². The van der Waals surface area contributed by atoms with Crippen molar-refractivity contribution in [2.24, 2.45) is 12.0 Å². The van der Waals surface area contributed by atoms with Crippen molar-refractivity contribution in [1.29, 1.82) is 0 Å². The number of para-hydroxylation sites is 1. The van der Waals surface area contributed by atoms with Crippen molar-refractivity contribution in [3.63, 3.8) is 0 Å². The van der Waals surface area contributed by atoms with Gasteiger partial charge in [-0.2, -0.15) is 0 Å². The number of amides is 2. The number of alkyl halides is 3. The molecule has 4 aromatic rings. The standard InChI is InChI=1S/C29H23F3N6O5S/c1-36-23(26(43-35-36)34-25(40)18-8-4-2-5-9-18)17-37-22(27(41)38(28(37)44)20-10-6-3-7-11-20)16-24(39)33-19-12-14-21(15-13-19)42-29(30,31)32/h2-15,22H,16-17H2,1H3,(H-,33,34,35,39,40). The Labute approximate surface area is 253 Å². The molecule has 1 aliphatic heterocycles. The number of nitrogens with zero attached hydrogens (tertiary/aromatic N) is 5. The van der Waals surface area contributed by atoms with Gasteiger partial charge in [0.1, 0.15) is 18.3 Å². The number of aliphatic imine (C=N–C) groups is 1. The third kappa shape index (κ3) is 6.83. The number of halogens is 3. The van der Waals surface area contributed by atoms with Crippen LogP contribution in [0.4, 0.5) is 30.4 Å². The molecule has 0 radical (unpaired) electrons. The molecule has 5 rings (SSSR count). The highest BCUT2D eigenvalue weighted by molar-refractivity contribution is 7.80. The predicted molar refractivity (Wildman–Crippen MR) is 153 cm³/mol. The summed E-state index contributed by atoms with van der Waals surface area (Å²) in [6, 6.07) is 20.4. The molecule has 3 aromatic carbocycles. The lowest BCUT2D eigenvalue weighted by Gasteiger charge is -2.22. The van der Waals surface area contributed by atoms with Crippen molar-refractivity contribution < 1.29 is 41.8 Å². The molecule has 1 N–H and O–H groups in total. The van der Waals surface area contributed by atoms with Gasteiger partial charge in [-0.3, -0.25) is 19.0 Å². The molecule has 1 atom stereocenters. The van der Waals surface area contributed by atoms with Crippen LogP contribution < -0.4 is 24.7 Å².